The molecule has 0 aliphatic carbocycles. The van der Waals surface area contributed by atoms with Gasteiger partial charge in [0, 0.05) is 26.2 Å². The number of amides is 3. The minimum atomic E-state index is -1.35. The molecule has 1 aromatic rings. The second kappa shape index (κ2) is 14.6. The van der Waals surface area contributed by atoms with Crippen molar-refractivity contribution in [2.45, 2.75) is 56.8 Å². The zero-order chi connectivity index (χ0) is 24.1. The summed E-state index contributed by atoms with van der Waals surface area (Å²) in [5, 5.41) is 28.9. The summed E-state index contributed by atoms with van der Waals surface area (Å²) in [7, 11) is 1.51. The molecular weight excluding hydrogens is 474 g/mol. The minimum Gasteiger partial charge on any atom is -0.548 e. The monoisotopic (exact) mass is 504 g/mol. The summed E-state index contributed by atoms with van der Waals surface area (Å²) in [4.78, 5) is 51.8. The summed E-state index contributed by atoms with van der Waals surface area (Å²) in [5.74, 6) is -3.27. The smallest absolute Gasteiger partial charge is 0.548 e. The Morgan fingerprint density at radius 1 is 1.11 bits per heavy atom. The van der Waals surface area contributed by atoms with E-state index in [1.165, 1.54) is 18.9 Å². The van der Waals surface area contributed by atoms with E-state index in [1.54, 1.807) is 4.90 Å². The summed E-state index contributed by atoms with van der Waals surface area (Å²) in [6, 6.07) is 5.44. The van der Waals surface area contributed by atoms with Crippen molar-refractivity contribution in [3.8, 4) is 0 Å². The number of carbonyl (C=O) groups is 4. The fourth-order valence-corrected chi connectivity index (χ4v) is 4.89. The normalized spacial score (nSPS) is 22.6. The predicted octanol–water partition coefficient (Wildman–Crippen LogP) is -7.90. The molecule has 180 valence electrons. The first kappa shape index (κ1) is 31.9. The molecule has 2 fully saturated rings. The van der Waals surface area contributed by atoms with Crippen molar-refractivity contribution in [1.29, 1.82) is 0 Å². The number of fused-ring (bicyclic) bond motifs is 1. The maximum Gasteiger partial charge on any atom is 1.00 e. The van der Waals surface area contributed by atoms with E-state index >= 15 is 0 Å². The molecule has 1 aromatic carbocycles. The average molecular weight is 504 g/mol. The molecule has 3 amide bonds. The maximum absolute atomic E-state index is 13.3. The van der Waals surface area contributed by atoms with Crippen LogP contribution in [0.3, 0.4) is 0 Å². The van der Waals surface area contributed by atoms with Gasteiger partial charge >= 0.3 is 65.1 Å². The van der Waals surface area contributed by atoms with E-state index in [-0.39, 0.29) is 90.4 Å². The van der Waals surface area contributed by atoms with Crippen LogP contribution in [0, 0.1) is 5.92 Å². The Morgan fingerprint density at radius 3 is 2.34 bits per heavy atom. The van der Waals surface area contributed by atoms with Gasteiger partial charge in [-0.3, -0.25) is 10.1 Å². The number of carboxylic acid groups (broad SMARTS) is 2. The third-order valence-corrected chi connectivity index (χ3v) is 6.64. The van der Waals surface area contributed by atoms with Gasteiger partial charge in [-0.2, -0.15) is 0 Å². The average Bonchev–Trinajstić information content (AvgIpc) is 3.20. The van der Waals surface area contributed by atoms with Gasteiger partial charge in [-0.15, -0.1) is 0 Å². The van der Waals surface area contributed by atoms with E-state index in [1.807, 2.05) is 30.3 Å². The van der Waals surface area contributed by atoms with Crippen LogP contribution in [-0.4, -0.2) is 78.0 Å². The number of benzene rings is 1. The molecule has 2 aliphatic rings. The first-order valence-corrected chi connectivity index (χ1v) is 11.2. The first-order chi connectivity index (χ1) is 15.7. The fraction of sp³-hybridized carbons (Fsp3) is 0.565. The van der Waals surface area contributed by atoms with Gasteiger partial charge < -0.3 is 34.9 Å². The number of carbonyl (C=O) groups excluding carboxylic acids is 4. The van der Waals surface area contributed by atoms with Crippen LogP contribution in [-0.2, 0) is 20.8 Å². The number of hydrogen-bond donors (Lipinski definition) is 2. The first-order valence-electron chi connectivity index (χ1n) is 11.2. The van der Waals surface area contributed by atoms with E-state index in [9.17, 15) is 29.4 Å². The molecule has 0 saturated carbocycles. The molecule has 2 saturated heterocycles. The van der Waals surface area contributed by atoms with Crippen molar-refractivity contribution in [2.24, 2.45) is 5.92 Å². The largest absolute Gasteiger partial charge is 1.00 e. The third-order valence-electron chi connectivity index (χ3n) is 6.64. The number of nitrogens with zero attached hydrogens (tertiary/aromatic N) is 2. The predicted molar refractivity (Wildman–Crippen MR) is 114 cm³/mol. The molecule has 35 heavy (non-hydrogen) atoms. The Kier molecular flexibility index (Phi) is 13.3. The SMILES string of the molecule is CNC(=O)N1CCC2CC(C(=O)[O-])N(C(=O)C(C)NC(CCc3ccccc3)C(=O)[O-])C2C1.[Na+].[Na+]. The van der Waals surface area contributed by atoms with Gasteiger partial charge in [-0.05, 0) is 44.1 Å². The Bertz CT molecular complexity index is 890. The van der Waals surface area contributed by atoms with Crippen LogP contribution in [0.15, 0.2) is 30.3 Å². The van der Waals surface area contributed by atoms with Crippen LogP contribution in [0.1, 0.15) is 31.7 Å². The number of piperidine rings is 1. The Morgan fingerprint density at radius 2 is 1.77 bits per heavy atom. The molecular formula is C23H30N4Na2O6. The summed E-state index contributed by atoms with van der Waals surface area (Å²) in [6.45, 7) is 2.20. The number of carboxylic acids is 2. The second-order valence-electron chi connectivity index (χ2n) is 8.72. The van der Waals surface area contributed by atoms with Crippen LogP contribution in [0.4, 0.5) is 4.79 Å². The molecule has 0 aromatic heterocycles. The topological polar surface area (TPSA) is 145 Å². The zero-order valence-electron chi connectivity index (χ0n) is 20.9. The second-order valence-corrected chi connectivity index (χ2v) is 8.72. The number of nitrogens with one attached hydrogen (secondary N) is 2. The molecule has 5 unspecified atom stereocenters. The molecule has 12 heteroatoms. The zero-order valence-corrected chi connectivity index (χ0v) is 24.9. The van der Waals surface area contributed by atoms with E-state index in [0.717, 1.165) is 5.56 Å². The van der Waals surface area contributed by atoms with Crippen LogP contribution < -0.4 is 80.0 Å². The van der Waals surface area contributed by atoms with Gasteiger partial charge in [-0.1, -0.05) is 30.3 Å². The van der Waals surface area contributed by atoms with Crippen molar-refractivity contribution in [3.05, 3.63) is 35.9 Å². The molecule has 0 bridgehead atoms. The van der Waals surface area contributed by atoms with Gasteiger partial charge in [0.15, 0.2) is 0 Å². The molecule has 0 spiro atoms. The van der Waals surface area contributed by atoms with E-state index in [0.29, 0.717) is 19.4 Å². The molecule has 2 N–H and O–H groups in total. The molecule has 3 rings (SSSR count). The number of hydrogen-bond acceptors (Lipinski definition) is 7. The number of likely N-dealkylation sites (tertiary alicyclic amines) is 2. The molecule has 0 radical (unpaired) electrons. The maximum atomic E-state index is 13.3. The van der Waals surface area contributed by atoms with Crippen molar-refractivity contribution in [3.63, 3.8) is 0 Å². The number of urea groups is 1. The van der Waals surface area contributed by atoms with E-state index < -0.39 is 42.0 Å². The number of rotatable bonds is 8. The van der Waals surface area contributed by atoms with Crippen molar-refractivity contribution in [1.82, 2.24) is 20.4 Å². The number of aryl methyl sites for hydroxylation is 1. The summed E-state index contributed by atoms with van der Waals surface area (Å²) in [5.41, 5.74) is 0.959. The van der Waals surface area contributed by atoms with Crippen molar-refractivity contribution >= 4 is 23.9 Å². The fourth-order valence-electron chi connectivity index (χ4n) is 4.89. The third kappa shape index (κ3) is 7.92. The summed E-state index contributed by atoms with van der Waals surface area (Å²) < 4.78 is 0. The van der Waals surface area contributed by atoms with Crippen molar-refractivity contribution in [2.75, 3.05) is 20.1 Å². The number of aliphatic carboxylic acids is 2. The van der Waals surface area contributed by atoms with E-state index in [4.69, 9.17) is 0 Å². The Balaban J connectivity index is 0.00000306. The van der Waals surface area contributed by atoms with E-state index in [2.05, 4.69) is 10.6 Å². The van der Waals surface area contributed by atoms with Crippen LogP contribution >= 0.6 is 0 Å². The molecule has 5 atom stereocenters. The molecule has 10 nitrogen and oxygen atoms in total. The molecule has 2 heterocycles. The van der Waals surface area contributed by atoms with Gasteiger partial charge in [0.05, 0.1) is 30.1 Å². The Labute approximate surface area is 249 Å². The van der Waals surface area contributed by atoms with Crippen LogP contribution in [0.25, 0.3) is 0 Å². The van der Waals surface area contributed by atoms with Gasteiger partial charge in [0.25, 0.3) is 0 Å². The van der Waals surface area contributed by atoms with Gasteiger partial charge in [-0.25, -0.2) is 4.79 Å². The van der Waals surface area contributed by atoms with Crippen LogP contribution in [0.5, 0.6) is 0 Å². The standard InChI is InChI=1S/C23H32N4O6.2Na/c1-14(25-17(21(29)30)9-8-15-6-4-3-5-7-15)20(28)27-18(22(31)32)12-16-10-11-26(13-19(16)27)23(33)24-2;;/h3-7,14,16-19,25H,8-13H2,1-2H3,(H,24,33)(H,29,30)(H,31,32);;/q;2*+1/p-2. The van der Waals surface area contributed by atoms with Gasteiger partial charge in [0.1, 0.15) is 0 Å². The van der Waals surface area contributed by atoms with Gasteiger partial charge in [0.2, 0.25) is 5.91 Å². The van der Waals surface area contributed by atoms with Crippen molar-refractivity contribution < 1.29 is 88.5 Å². The quantitative estimate of drug-likeness (QED) is 0.335. The Hall–Kier alpha value is -1.14. The summed E-state index contributed by atoms with van der Waals surface area (Å²) >= 11 is 0. The minimum absolute atomic E-state index is 0. The summed E-state index contributed by atoms with van der Waals surface area (Å²) in [6.07, 6.45) is 1.52. The van der Waals surface area contributed by atoms with Crippen LogP contribution in [0.2, 0.25) is 0 Å². The molecule has 2 aliphatic heterocycles.